The van der Waals surface area contributed by atoms with Gasteiger partial charge in [-0.25, -0.2) is 4.79 Å². The maximum Gasteiger partial charge on any atom is 0.341 e. The molecule has 0 aliphatic heterocycles. The summed E-state index contributed by atoms with van der Waals surface area (Å²) in [7, 11) is 2.88. The normalized spacial score (nSPS) is 10.0. The SMILES string of the molecule is COC(=O)c1cc(C(C)=O)ccc1OCc1cccc(OC)c1. The average molecular weight is 314 g/mol. The van der Waals surface area contributed by atoms with E-state index < -0.39 is 5.97 Å². The Balaban J connectivity index is 2.24. The highest BCUT2D eigenvalue weighted by atomic mass is 16.5. The van der Waals surface area contributed by atoms with Gasteiger partial charge in [-0.3, -0.25) is 4.79 Å². The molecule has 0 saturated carbocycles. The van der Waals surface area contributed by atoms with E-state index in [0.29, 0.717) is 11.3 Å². The van der Waals surface area contributed by atoms with Gasteiger partial charge in [-0.2, -0.15) is 0 Å². The van der Waals surface area contributed by atoms with Crippen LogP contribution in [0.25, 0.3) is 0 Å². The maximum atomic E-state index is 11.9. The number of esters is 1. The molecular weight excluding hydrogens is 296 g/mol. The first-order valence-electron chi connectivity index (χ1n) is 7.04. The van der Waals surface area contributed by atoms with Gasteiger partial charge in [0.05, 0.1) is 14.2 Å². The molecular formula is C18H18O5. The first-order valence-corrected chi connectivity index (χ1v) is 7.04. The Kier molecular flexibility index (Phi) is 5.36. The van der Waals surface area contributed by atoms with E-state index in [9.17, 15) is 9.59 Å². The van der Waals surface area contributed by atoms with E-state index in [0.717, 1.165) is 11.3 Å². The smallest absolute Gasteiger partial charge is 0.341 e. The molecule has 2 rings (SSSR count). The lowest BCUT2D eigenvalue weighted by Crippen LogP contribution is -2.08. The van der Waals surface area contributed by atoms with E-state index in [2.05, 4.69) is 0 Å². The van der Waals surface area contributed by atoms with Crippen LogP contribution in [0.2, 0.25) is 0 Å². The molecule has 5 nitrogen and oxygen atoms in total. The number of ether oxygens (including phenoxy) is 3. The lowest BCUT2D eigenvalue weighted by atomic mass is 10.1. The third kappa shape index (κ3) is 4.10. The van der Waals surface area contributed by atoms with Crippen molar-refractivity contribution in [1.29, 1.82) is 0 Å². The van der Waals surface area contributed by atoms with E-state index >= 15 is 0 Å². The van der Waals surface area contributed by atoms with Gasteiger partial charge in [-0.1, -0.05) is 12.1 Å². The average Bonchev–Trinajstić information content (AvgIpc) is 2.59. The van der Waals surface area contributed by atoms with Gasteiger partial charge in [0.15, 0.2) is 5.78 Å². The molecule has 0 N–H and O–H groups in total. The van der Waals surface area contributed by atoms with Crippen molar-refractivity contribution in [2.45, 2.75) is 13.5 Å². The van der Waals surface area contributed by atoms with Crippen molar-refractivity contribution in [2.75, 3.05) is 14.2 Å². The molecule has 2 aromatic carbocycles. The van der Waals surface area contributed by atoms with Crippen LogP contribution in [0, 0.1) is 0 Å². The summed E-state index contributed by atoms with van der Waals surface area (Å²) >= 11 is 0. The zero-order chi connectivity index (χ0) is 16.8. The van der Waals surface area contributed by atoms with Crippen molar-refractivity contribution >= 4 is 11.8 Å². The molecule has 0 aromatic heterocycles. The Bertz CT molecular complexity index is 721. The summed E-state index contributed by atoms with van der Waals surface area (Å²) in [5.74, 6) is 0.416. The second kappa shape index (κ2) is 7.45. The topological polar surface area (TPSA) is 61.8 Å². The fourth-order valence-corrected chi connectivity index (χ4v) is 2.07. The summed E-state index contributed by atoms with van der Waals surface area (Å²) in [6.45, 7) is 1.70. The summed E-state index contributed by atoms with van der Waals surface area (Å²) in [6.07, 6.45) is 0. The maximum absolute atomic E-state index is 11.9. The van der Waals surface area contributed by atoms with Crippen molar-refractivity contribution in [1.82, 2.24) is 0 Å². The fraction of sp³-hybridized carbons (Fsp3) is 0.222. The van der Waals surface area contributed by atoms with Crippen LogP contribution < -0.4 is 9.47 Å². The molecule has 0 fully saturated rings. The standard InChI is InChI=1S/C18H18O5/c1-12(19)14-7-8-17(16(10-14)18(20)22-3)23-11-13-5-4-6-15(9-13)21-2/h4-10H,11H2,1-3H3. The molecule has 120 valence electrons. The fourth-order valence-electron chi connectivity index (χ4n) is 2.07. The Hall–Kier alpha value is -2.82. The Labute approximate surface area is 134 Å². The third-order valence-corrected chi connectivity index (χ3v) is 3.32. The molecule has 0 heterocycles. The van der Waals surface area contributed by atoms with Crippen LogP contribution in [0.1, 0.15) is 33.2 Å². The van der Waals surface area contributed by atoms with Gasteiger partial charge < -0.3 is 14.2 Å². The van der Waals surface area contributed by atoms with E-state index in [1.54, 1.807) is 19.2 Å². The number of hydrogen-bond donors (Lipinski definition) is 0. The molecule has 2 aromatic rings. The number of carbonyl (C=O) groups excluding carboxylic acids is 2. The highest BCUT2D eigenvalue weighted by Crippen LogP contribution is 2.23. The quantitative estimate of drug-likeness (QED) is 0.605. The van der Waals surface area contributed by atoms with E-state index in [-0.39, 0.29) is 18.0 Å². The highest BCUT2D eigenvalue weighted by Gasteiger charge is 2.15. The zero-order valence-corrected chi connectivity index (χ0v) is 13.3. The van der Waals surface area contributed by atoms with Crippen molar-refractivity contribution in [3.05, 3.63) is 59.2 Å². The van der Waals surface area contributed by atoms with Crippen molar-refractivity contribution in [3.63, 3.8) is 0 Å². The number of ketones is 1. The van der Waals surface area contributed by atoms with Gasteiger partial charge in [0, 0.05) is 5.56 Å². The second-order valence-corrected chi connectivity index (χ2v) is 4.90. The van der Waals surface area contributed by atoms with Gasteiger partial charge >= 0.3 is 5.97 Å². The van der Waals surface area contributed by atoms with Gasteiger partial charge in [-0.15, -0.1) is 0 Å². The lowest BCUT2D eigenvalue weighted by Gasteiger charge is -2.12. The zero-order valence-electron chi connectivity index (χ0n) is 13.3. The molecule has 0 aliphatic carbocycles. The number of carbonyl (C=O) groups is 2. The Morgan fingerprint density at radius 1 is 1.04 bits per heavy atom. The van der Waals surface area contributed by atoms with Crippen molar-refractivity contribution in [2.24, 2.45) is 0 Å². The number of Topliss-reactive ketones (excluding diaryl/α,β-unsaturated/α-hetero) is 1. The molecule has 0 radical (unpaired) electrons. The summed E-state index contributed by atoms with van der Waals surface area (Å²) in [4.78, 5) is 23.4. The van der Waals surface area contributed by atoms with E-state index in [4.69, 9.17) is 14.2 Å². The largest absolute Gasteiger partial charge is 0.497 e. The summed E-state index contributed by atoms with van der Waals surface area (Å²) in [5.41, 5.74) is 1.55. The van der Waals surface area contributed by atoms with Gasteiger partial charge in [0.25, 0.3) is 0 Å². The van der Waals surface area contributed by atoms with Gasteiger partial charge in [-0.05, 0) is 42.8 Å². The number of hydrogen-bond acceptors (Lipinski definition) is 5. The van der Waals surface area contributed by atoms with Crippen LogP contribution in [0.3, 0.4) is 0 Å². The second-order valence-electron chi connectivity index (χ2n) is 4.90. The third-order valence-electron chi connectivity index (χ3n) is 3.32. The number of benzene rings is 2. The minimum absolute atomic E-state index is 0.130. The minimum Gasteiger partial charge on any atom is -0.497 e. The van der Waals surface area contributed by atoms with Gasteiger partial charge in [0.1, 0.15) is 23.7 Å². The predicted octanol–water partition coefficient (Wildman–Crippen LogP) is 3.26. The number of methoxy groups -OCH3 is 2. The van der Waals surface area contributed by atoms with Crippen LogP contribution in [0.5, 0.6) is 11.5 Å². The number of rotatable bonds is 6. The van der Waals surface area contributed by atoms with Crippen molar-refractivity contribution < 1.29 is 23.8 Å². The molecule has 0 bridgehead atoms. The van der Waals surface area contributed by atoms with Crippen LogP contribution >= 0.6 is 0 Å². The molecule has 0 saturated heterocycles. The molecule has 0 amide bonds. The molecule has 23 heavy (non-hydrogen) atoms. The van der Waals surface area contributed by atoms with Crippen LogP contribution in [-0.2, 0) is 11.3 Å². The van der Waals surface area contributed by atoms with Gasteiger partial charge in [0.2, 0.25) is 0 Å². The summed E-state index contributed by atoms with van der Waals surface area (Å²) < 4.78 is 15.6. The van der Waals surface area contributed by atoms with Crippen LogP contribution in [-0.4, -0.2) is 26.0 Å². The Morgan fingerprint density at radius 2 is 1.83 bits per heavy atom. The summed E-state index contributed by atoms with van der Waals surface area (Å²) in [5, 5.41) is 0. The predicted molar refractivity (Wildman–Crippen MR) is 85.1 cm³/mol. The first kappa shape index (κ1) is 16.5. The minimum atomic E-state index is -0.547. The molecule has 0 spiro atoms. The van der Waals surface area contributed by atoms with Crippen LogP contribution in [0.15, 0.2) is 42.5 Å². The van der Waals surface area contributed by atoms with Crippen LogP contribution in [0.4, 0.5) is 0 Å². The lowest BCUT2D eigenvalue weighted by molar-refractivity contribution is 0.0595. The summed E-state index contributed by atoms with van der Waals surface area (Å²) in [6, 6.07) is 12.1. The molecule has 5 heteroatoms. The molecule has 0 atom stereocenters. The monoisotopic (exact) mass is 314 g/mol. The van der Waals surface area contributed by atoms with E-state index in [1.807, 2.05) is 24.3 Å². The van der Waals surface area contributed by atoms with Crippen molar-refractivity contribution in [3.8, 4) is 11.5 Å². The Morgan fingerprint density at radius 3 is 2.48 bits per heavy atom. The highest BCUT2D eigenvalue weighted by molar-refractivity contribution is 5.99. The molecule has 0 aliphatic rings. The molecule has 0 unspecified atom stereocenters. The first-order chi connectivity index (χ1) is 11.0. The van der Waals surface area contributed by atoms with E-state index in [1.165, 1.54) is 20.1 Å².